The van der Waals surface area contributed by atoms with Gasteiger partial charge in [-0.15, -0.1) is 0 Å². The molecule has 0 spiro atoms. The zero-order valence-corrected chi connectivity index (χ0v) is 12.0. The topological polar surface area (TPSA) is 86.2 Å². The van der Waals surface area contributed by atoms with Gasteiger partial charge in [0.1, 0.15) is 0 Å². The summed E-state index contributed by atoms with van der Waals surface area (Å²) in [5.74, 6) is 5.82. The largest absolute Gasteiger partial charge is 0.324 e. The first kappa shape index (κ1) is 15.6. The fourth-order valence-electron chi connectivity index (χ4n) is 1.86. The quantitative estimate of drug-likeness (QED) is 0.658. The Morgan fingerprint density at radius 3 is 1.27 bits per heavy atom. The van der Waals surface area contributed by atoms with Crippen LogP contribution < -0.4 is 11.5 Å². The van der Waals surface area contributed by atoms with Gasteiger partial charge in [0.25, 0.3) is 0 Å². The molecule has 4 heteroatoms. The highest BCUT2D eigenvalue weighted by atomic mass is 16.1. The number of hydrogen-bond acceptors (Lipinski definition) is 4. The van der Waals surface area contributed by atoms with E-state index < -0.39 is 0 Å². The summed E-state index contributed by atoms with van der Waals surface area (Å²) in [7, 11) is 0. The molecule has 0 aliphatic carbocycles. The van der Waals surface area contributed by atoms with Crippen LogP contribution in [0.1, 0.15) is 31.8 Å². The molecule has 0 aromatic heterocycles. The summed E-state index contributed by atoms with van der Waals surface area (Å²) < 4.78 is 0. The van der Waals surface area contributed by atoms with E-state index in [4.69, 9.17) is 11.5 Å². The van der Waals surface area contributed by atoms with Crippen LogP contribution in [0.5, 0.6) is 0 Å². The molecule has 0 fully saturated rings. The summed E-state index contributed by atoms with van der Waals surface area (Å²) in [5, 5.41) is 0. The van der Waals surface area contributed by atoms with Gasteiger partial charge in [0, 0.05) is 22.3 Å². The summed E-state index contributed by atoms with van der Waals surface area (Å²) in [6, 6.07) is 14.0. The number of carbonyl (C=O) groups excluding carboxylic acids is 2. The third kappa shape index (κ3) is 3.89. The second-order valence-corrected chi connectivity index (χ2v) is 4.66. The summed E-state index contributed by atoms with van der Waals surface area (Å²) in [5.41, 5.74) is 13.4. The smallest absolute Gasteiger partial charge is 0.176 e. The zero-order valence-electron chi connectivity index (χ0n) is 12.0. The maximum Gasteiger partial charge on any atom is 0.176 e. The maximum absolute atomic E-state index is 11.4. The van der Waals surface area contributed by atoms with Crippen molar-refractivity contribution in [2.24, 2.45) is 11.5 Å². The summed E-state index contributed by atoms with van der Waals surface area (Å²) in [4.78, 5) is 22.8. The van der Waals surface area contributed by atoms with Crippen molar-refractivity contribution in [2.75, 3.05) is 13.1 Å². The average Bonchev–Trinajstić information content (AvgIpc) is 2.59. The van der Waals surface area contributed by atoms with Gasteiger partial charge in [0.2, 0.25) is 0 Å². The van der Waals surface area contributed by atoms with Crippen LogP contribution in [0.25, 0.3) is 0 Å². The molecule has 0 aliphatic heterocycles. The number of hydrogen-bond donors (Lipinski definition) is 2. The lowest BCUT2D eigenvalue weighted by atomic mass is 10.1. The second-order valence-electron chi connectivity index (χ2n) is 4.66. The monoisotopic (exact) mass is 292 g/mol. The van der Waals surface area contributed by atoms with Gasteiger partial charge in [0.15, 0.2) is 11.6 Å². The van der Waals surface area contributed by atoms with Crippen LogP contribution in [-0.2, 0) is 0 Å². The Morgan fingerprint density at radius 1 is 0.682 bits per heavy atom. The third-order valence-corrected chi connectivity index (χ3v) is 3.14. The fourth-order valence-corrected chi connectivity index (χ4v) is 1.86. The Balaban J connectivity index is 2.13. The zero-order chi connectivity index (χ0) is 15.9. The van der Waals surface area contributed by atoms with Crippen molar-refractivity contribution >= 4 is 11.6 Å². The number of benzene rings is 2. The van der Waals surface area contributed by atoms with Crippen molar-refractivity contribution in [3.8, 4) is 11.8 Å². The first-order chi connectivity index (χ1) is 10.6. The minimum Gasteiger partial charge on any atom is -0.324 e. The molecule has 22 heavy (non-hydrogen) atoms. The van der Waals surface area contributed by atoms with Gasteiger partial charge in [-0.2, -0.15) is 0 Å². The first-order valence-electron chi connectivity index (χ1n) is 6.82. The fraction of sp³-hybridized carbons (Fsp3) is 0.111. The summed E-state index contributed by atoms with van der Waals surface area (Å²) in [6.45, 7) is -0.00219. The van der Waals surface area contributed by atoms with E-state index >= 15 is 0 Å². The standard InChI is InChI=1S/C18H16N2O2/c19-11-17(21)15-7-3-13(4-8-15)1-2-14-5-9-16(10-6-14)18(22)12-20/h3-10H,11-12,19-20H2. The number of ketones is 2. The number of rotatable bonds is 4. The molecular formula is C18H16N2O2. The molecule has 0 saturated carbocycles. The van der Waals surface area contributed by atoms with Gasteiger partial charge < -0.3 is 11.5 Å². The molecule has 2 rings (SSSR count). The van der Waals surface area contributed by atoms with E-state index in [9.17, 15) is 9.59 Å². The van der Waals surface area contributed by atoms with E-state index in [0.717, 1.165) is 11.1 Å². The van der Waals surface area contributed by atoms with Crippen molar-refractivity contribution in [1.82, 2.24) is 0 Å². The minimum atomic E-state index is -0.0975. The highest BCUT2D eigenvalue weighted by Crippen LogP contribution is 2.06. The van der Waals surface area contributed by atoms with E-state index in [0.29, 0.717) is 11.1 Å². The lowest BCUT2D eigenvalue weighted by molar-refractivity contribution is 0.0993. The first-order valence-corrected chi connectivity index (χ1v) is 6.82. The molecule has 2 aromatic rings. The van der Waals surface area contributed by atoms with E-state index in [1.807, 2.05) is 0 Å². The second kappa shape index (κ2) is 7.32. The summed E-state index contributed by atoms with van der Waals surface area (Å²) in [6.07, 6.45) is 0. The lowest BCUT2D eigenvalue weighted by Crippen LogP contribution is -2.13. The molecule has 0 atom stereocenters. The van der Waals surface area contributed by atoms with Gasteiger partial charge in [0.05, 0.1) is 13.1 Å². The van der Waals surface area contributed by atoms with Crippen LogP contribution in [-0.4, -0.2) is 24.7 Å². The Bertz CT molecular complexity index is 672. The Morgan fingerprint density at radius 2 is 1.00 bits per heavy atom. The van der Waals surface area contributed by atoms with E-state index in [1.165, 1.54) is 0 Å². The van der Waals surface area contributed by atoms with E-state index in [-0.39, 0.29) is 24.7 Å². The molecule has 110 valence electrons. The van der Waals surface area contributed by atoms with E-state index in [2.05, 4.69) is 11.8 Å². The van der Waals surface area contributed by atoms with Gasteiger partial charge in [-0.25, -0.2) is 0 Å². The van der Waals surface area contributed by atoms with Crippen LogP contribution >= 0.6 is 0 Å². The Kier molecular flexibility index (Phi) is 5.21. The van der Waals surface area contributed by atoms with Crippen molar-refractivity contribution in [3.63, 3.8) is 0 Å². The minimum absolute atomic E-state index is 0.00110. The van der Waals surface area contributed by atoms with Crippen LogP contribution in [0.15, 0.2) is 48.5 Å². The van der Waals surface area contributed by atoms with Crippen molar-refractivity contribution < 1.29 is 9.59 Å². The Labute approximate surface area is 129 Å². The van der Waals surface area contributed by atoms with Crippen LogP contribution in [0, 0.1) is 11.8 Å². The highest BCUT2D eigenvalue weighted by Gasteiger charge is 2.02. The highest BCUT2D eigenvalue weighted by molar-refractivity contribution is 5.98. The maximum atomic E-state index is 11.4. The van der Waals surface area contributed by atoms with Crippen molar-refractivity contribution in [2.45, 2.75) is 0 Å². The molecule has 0 saturated heterocycles. The molecule has 0 aliphatic rings. The van der Waals surface area contributed by atoms with Gasteiger partial charge in [-0.05, 0) is 24.3 Å². The number of Topliss-reactive ketones (excluding diaryl/α,β-unsaturated/α-hetero) is 2. The molecule has 2 aromatic carbocycles. The molecule has 4 N–H and O–H groups in total. The van der Waals surface area contributed by atoms with Gasteiger partial charge >= 0.3 is 0 Å². The van der Waals surface area contributed by atoms with E-state index in [1.54, 1.807) is 48.5 Å². The molecule has 0 unspecified atom stereocenters. The summed E-state index contributed by atoms with van der Waals surface area (Å²) >= 11 is 0. The van der Waals surface area contributed by atoms with Gasteiger partial charge in [-0.3, -0.25) is 9.59 Å². The van der Waals surface area contributed by atoms with Crippen molar-refractivity contribution in [1.29, 1.82) is 0 Å². The average molecular weight is 292 g/mol. The number of carbonyl (C=O) groups is 2. The van der Waals surface area contributed by atoms with Crippen molar-refractivity contribution in [3.05, 3.63) is 70.8 Å². The van der Waals surface area contributed by atoms with Crippen LogP contribution in [0.2, 0.25) is 0 Å². The molecule has 0 amide bonds. The third-order valence-electron chi connectivity index (χ3n) is 3.14. The predicted molar refractivity (Wildman–Crippen MR) is 85.6 cm³/mol. The molecule has 0 heterocycles. The molecule has 0 radical (unpaired) electrons. The van der Waals surface area contributed by atoms with Gasteiger partial charge in [-0.1, -0.05) is 36.1 Å². The predicted octanol–water partition coefficient (Wildman–Crippen LogP) is 1.37. The Hall–Kier alpha value is -2.74. The molecule has 4 nitrogen and oxygen atoms in total. The molecular weight excluding hydrogens is 276 g/mol. The van der Waals surface area contributed by atoms with Crippen LogP contribution in [0.3, 0.4) is 0 Å². The lowest BCUT2D eigenvalue weighted by Gasteiger charge is -1.98. The SMILES string of the molecule is NCC(=O)c1ccc(C#Cc2ccc(C(=O)CN)cc2)cc1. The normalized spacial score (nSPS) is 9.73. The van der Waals surface area contributed by atoms with Crippen LogP contribution in [0.4, 0.5) is 0 Å². The molecule has 0 bridgehead atoms. The number of nitrogens with two attached hydrogens (primary N) is 2.